The van der Waals surface area contributed by atoms with Gasteiger partial charge in [-0.25, -0.2) is 9.97 Å². The second-order valence-corrected chi connectivity index (χ2v) is 8.42. The average Bonchev–Trinajstić information content (AvgIpc) is 3.48. The normalized spacial score (nSPS) is 16.3. The lowest BCUT2D eigenvalue weighted by Crippen LogP contribution is -2.32. The molecule has 0 radical (unpaired) electrons. The van der Waals surface area contributed by atoms with E-state index < -0.39 is 5.91 Å². The molecule has 1 saturated heterocycles. The number of nitrogens with two attached hydrogens (primary N) is 1. The van der Waals surface area contributed by atoms with Gasteiger partial charge in [0.1, 0.15) is 0 Å². The minimum atomic E-state index is -0.458. The zero-order chi connectivity index (χ0) is 21.4. The van der Waals surface area contributed by atoms with Crippen molar-refractivity contribution in [2.75, 3.05) is 44.7 Å². The molecule has 2 aliphatic heterocycles. The van der Waals surface area contributed by atoms with Crippen molar-refractivity contribution in [3.63, 3.8) is 0 Å². The summed E-state index contributed by atoms with van der Waals surface area (Å²) in [6.07, 6.45) is 7.89. The summed E-state index contributed by atoms with van der Waals surface area (Å²) in [6.45, 7) is 4.77. The van der Waals surface area contributed by atoms with E-state index >= 15 is 0 Å². The number of hydrogen-bond acceptors (Lipinski definition) is 6. The van der Waals surface area contributed by atoms with Crippen LogP contribution in [0.4, 0.5) is 5.69 Å². The quantitative estimate of drug-likeness (QED) is 0.636. The molecule has 0 aliphatic carbocycles. The Morgan fingerprint density at radius 2 is 2.10 bits per heavy atom. The number of aryl methyl sites for hydroxylation is 1. The van der Waals surface area contributed by atoms with Crippen molar-refractivity contribution in [1.82, 2.24) is 19.9 Å². The fraction of sp³-hybridized carbons (Fsp3) is 0.435. The van der Waals surface area contributed by atoms with Crippen LogP contribution in [0, 0.1) is 0 Å². The van der Waals surface area contributed by atoms with E-state index in [1.807, 2.05) is 19.3 Å². The summed E-state index contributed by atoms with van der Waals surface area (Å²) in [5, 5.41) is 0. The molecule has 162 valence electrons. The van der Waals surface area contributed by atoms with Crippen molar-refractivity contribution in [2.24, 2.45) is 5.73 Å². The lowest BCUT2D eigenvalue weighted by atomic mass is 9.97. The van der Waals surface area contributed by atoms with Crippen molar-refractivity contribution in [1.29, 1.82) is 0 Å². The summed E-state index contributed by atoms with van der Waals surface area (Å²) in [5.41, 5.74) is 11.5. The molecular weight excluding hydrogens is 392 g/mol. The number of likely N-dealkylation sites (N-methyl/N-ethyl adjacent to an activating group) is 1. The fourth-order valence-electron chi connectivity index (χ4n) is 4.67. The van der Waals surface area contributed by atoms with Crippen LogP contribution in [0.25, 0.3) is 22.2 Å². The molecule has 1 amide bonds. The molecule has 0 atom stereocenters. The Balaban J connectivity index is 1.58. The molecule has 2 aromatic heterocycles. The van der Waals surface area contributed by atoms with E-state index in [9.17, 15) is 4.79 Å². The van der Waals surface area contributed by atoms with E-state index in [0.29, 0.717) is 23.6 Å². The van der Waals surface area contributed by atoms with Gasteiger partial charge in [-0.1, -0.05) is 0 Å². The average molecular weight is 421 g/mol. The third-order valence-corrected chi connectivity index (χ3v) is 6.36. The van der Waals surface area contributed by atoms with Gasteiger partial charge in [-0.2, -0.15) is 0 Å². The second-order valence-electron chi connectivity index (χ2n) is 8.42. The van der Waals surface area contributed by atoms with Crippen LogP contribution in [0.2, 0.25) is 0 Å². The molecule has 4 heterocycles. The summed E-state index contributed by atoms with van der Waals surface area (Å²) in [5.74, 6) is 0.255. The number of nitrogens with zero attached hydrogens (tertiary/aromatic N) is 4. The maximum Gasteiger partial charge on any atom is 0.253 e. The van der Waals surface area contributed by atoms with Crippen LogP contribution in [-0.2, 0) is 6.42 Å². The van der Waals surface area contributed by atoms with Crippen LogP contribution in [0.5, 0.6) is 5.88 Å². The summed E-state index contributed by atoms with van der Waals surface area (Å²) in [7, 11) is 2.02. The van der Waals surface area contributed by atoms with Gasteiger partial charge in [0.15, 0.2) is 0 Å². The SMILES string of the molecule is CN(CCN1CCCC1)c1cc(-c2cnc3c(c2)CCCO3)c2nc[nH]c2c1C(N)=O. The second kappa shape index (κ2) is 8.19. The highest BCUT2D eigenvalue weighted by atomic mass is 16.5. The first-order chi connectivity index (χ1) is 15.1. The minimum absolute atomic E-state index is 0.458. The van der Waals surface area contributed by atoms with Gasteiger partial charge in [-0.05, 0) is 50.9 Å². The molecule has 0 unspecified atom stereocenters. The lowest BCUT2D eigenvalue weighted by molar-refractivity contribution is 0.100. The number of aromatic nitrogens is 3. The van der Waals surface area contributed by atoms with Gasteiger partial charge in [0.05, 0.1) is 35.2 Å². The molecule has 8 nitrogen and oxygen atoms in total. The highest BCUT2D eigenvalue weighted by Crippen LogP contribution is 2.37. The van der Waals surface area contributed by atoms with Crippen LogP contribution in [0.1, 0.15) is 35.2 Å². The molecule has 0 spiro atoms. The zero-order valence-corrected chi connectivity index (χ0v) is 17.9. The molecule has 8 heteroatoms. The van der Waals surface area contributed by atoms with Crippen molar-refractivity contribution < 1.29 is 9.53 Å². The summed E-state index contributed by atoms with van der Waals surface area (Å²) in [6, 6.07) is 4.16. The van der Waals surface area contributed by atoms with E-state index in [0.717, 1.165) is 66.9 Å². The number of rotatable bonds is 6. The minimum Gasteiger partial charge on any atom is -0.477 e. The number of aromatic amines is 1. The molecule has 3 N–H and O–H groups in total. The number of primary amides is 1. The number of H-pyrrole nitrogens is 1. The number of pyridine rings is 1. The zero-order valence-electron chi connectivity index (χ0n) is 17.9. The third kappa shape index (κ3) is 3.72. The van der Waals surface area contributed by atoms with Gasteiger partial charge in [-0.3, -0.25) is 4.79 Å². The van der Waals surface area contributed by atoms with Gasteiger partial charge in [0, 0.05) is 43.0 Å². The number of fused-ring (bicyclic) bond motifs is 2. The third-order valence-electron chi connectivity index (χ3n) is 6.36. The van der Waals surface area contributed by atoms with E-state index in [-0.39, 0.29) is 0 Å². The number of benzene rings is 1. The highest BCUT2D eigenvalue weighted by molar-refractivity contribution is 6.12. The highest BCUT2D eigenvalue weighted by Gasteiger charge is 2.23. The number of hydrogen-bond donors (Lipinski definition) is 2. The van der Waals surface area contributed by atoms with Gasteiger partial charge in [0.2, 0.25) is 5.88 Å². The predicted octanol–water partition coefficient (Wildman–Crippen LogP) is 2.58. The monoisotopic (exact) mass is 420 g/mol. The van der Waals surface area contributed by atoms with E-state index in [2.05, 4.69) is 30.8 Å². The lowest BCUT2D eigenvalue weighted by Gasteiger charge is -2.26. The largest absolute Gasteiger partial charge is 0.477 e. The maximum atomic E-state index is 12.4. The molecule has 1 fully saturated rings. The number of amides is 1. The fourth-order valence-corrected chi connectivity index (χ4v) is 4.67. The smallest absolute Gasteiger partial charge is 0.253 e. The summed E-state index contributed by atoms with van der Waals surface area (Å²) >= 11 is 0. The van der Waals surface area contributed by atoms with Crippen LogP contribution in [0.15, 0.2) is 24.7 Å². The Morgan fingerprint density at radius 1 is 1.26 bits per heavy atom. The molecule has 2 aliphatic rings. The van der Waals surface area contributed by atoms with Gasteiger partial charge in [-0.15, -0.1) is 0 Å². The number of carbonyl (C=O) groups is 1. The Hall–Kier alpha value is -3.13. The maximum absolute atomic E-state index is 12.4. The standard InChI is InChI=1S/C23H28N6O2/c1-28(8-9-29-6-2-3-7-29)18-12-17(20-21(27-14-26-20)19(18)22(24)30)16-11-15-5-4-10-31-23(15)25-13-16/h11-14H,2-10H2,1H3,(H2,24,30)(H,26,27). The van der Waals surface area contributed by atoms with Crippen LogP contribution >= 0.6 is 0 Å². The summed E-state index contributed by atoms with van der Waals surface area (Å²) in [4.78, 5) is 29.2. The first-order valence-electron chi connectivity index (χ1n) is 11.0. The Labute approximate surface area is 181 Å². The Kier molecular flexibility index (Phi) is 5.23. The number of carbonyl (C=O) groups excluding carboxylic acids is 1. The van der Waals surface area contributed by atoms with Crippen molar-refractivity contribution in [3.05, 3.63) is 35.8 Å². The number of likely N-dealkylation sites (tertiary alicyclic amines) is 1. The topological polar surface area (TPSA) is 100 Å². The van der Waals surface area contributed by atoms with Crippen LogP contribution in [0.3, 0.4) is 0 Å². The molecule has 3 aromatic rings. The van der Waals surface area contributed by atoms with Gasteiger partial charge >= 0.3 is 0 Å². The van der Waals surface area contributed by atoms with E-state index in [4.69, 9.17) is 10.5 Å². The molecule has 0 saturated carbocycles. The number of ether oxygens (including phenoxy) is 1. The Morgan fingerprint density at radius 3 is 2.90 bits per heavy atom. The Bertz CT molecular complexity index is 1120. The van der Waals surface area contributed by atoms with E-state index in [1.54, 1.807) is 6.33 Å². The first kappa shape index (κ1) is 19.8. The number of imidazole rings is 1. The predicted molar refractivity (Wildman–Crippen MR) is 121 cm³/mol. The molecule has 1 aromatic carbocycles. The van der Waals surface area contributed by atoms with E-state index in [1.165, 1.54) is 12.8 Å². The van der Waals surface area contributed by atoms with Gasteiger partial charge in [0.25, 0.3) is 5.91 Å². The molecular formula is C23H28N6O2. The van der Waals surface area contributed by atoms with Crippen molar-refractivity contribution in [2.45, 2.75) is 25.7 Å². The first-order valence-corrected chi connectivity index (χ1v) is 11.0. The van der Waals surface area contributed by atoms with Crippen molar-refractivity contribution >= 4 is 22.6 Å². The molecule has 5 rings (SSSR count). The molecule has 31 heavy (non-hydrogen) atoms. The van der Waals surface area contributed by atoms with Crippen molar-refractivity contribution in [3.8, 4) is 17.0 Å². The van der Waals surface area contributed by atoms with Gasteiger partial charge < -0.3 is 25.3 Å². The van der Waals surface area contributed by atoms with Crippen LogP contribution < -0.4 is 15.4 Å². The molecule has 0 bridgehead atoms. The van der Waals surface area contributed by atoms with Crippen LogP contribution in [-0.4, -0.2) is 65.6 Å². The number of nitrogens with one attached hydrogen (secondary N) is 1. The summed E-state index contributed by atoms with van der Waals surface area (Å²) < 4.78 is 5.67. The number of anilines is 1.